The summed E-state index contributed by atoms with van der Waals surface area (Å²) in [4.78, 5) is 38.6. The Hall–Kier alpha value is -2.61. The lowest BCUT2D eigenvalue weighted by Gasteiger charge is -2.31. The second-order valence-electron chi connectivity index (χ2n) is 7.58. The molecule has 2 heterocycles. The lowest BCUT2D eigenvalue weighted by atomic mass is 9.82. The van der Waals surface area contributed by atoms with Crippen molar-refractivity contribution >= 4 is 27.7 Å². The number of esters is 1. The fourth-order valence-corrected chi connectivity index (χ4v) is 4.01. The van der Waals surface area contributed by atoms with E-state index in [2.05, 4.69) is 21.2 Å². The van der Waals surface area contributed by atoms with Crippen molar-refractivity contribution in [3.63, 3.8) is 0 Å². The molecule has 0 spiro atoms. The minimum absolute atomic E-state index is 0.180. The van der Waals surface area contributed by atoms with E-state index in [0.29, 0.717) is 22.7 Å². The quantitative estimate of drug-likeness (QED) is 0.707. The molecule has 0 saturated heterocycles. The van der Waals surface area contributed by atoms with Gasteiger partial charge in [-0.05, 0) is 24.5 Å². The second-order valence-corrected chi connectivity index (χ2v) is 8.43. The monoisotopic (exact) mass is 461 g/mol. The number of ether oxygens (including phenoxy) is 1. The first-order valence-electron chi connectivity index (χ1n) is 9.34. The first-order chi connectivity index (χ1) is 13.6. The maximum atomic E-state index is 13.1. The molecule has 1 aromatic heterocycles. The van der Waals surface area contributed by atoms with Crippen molar-refractivity contribution in [2.75, 3.05) is 11.9 Å². The second kappa shape index (κ2) is 8.02. The third kappa shape index (κ3) is 3.69. The van der Waals surface area contributed by atoms with E-state index in [1.54, 1.807) is 14.0 Å². The van der Waals surface area contributed by atoms with Crippen LogP contribution in [0.15, 0.2) is 49.6 Å². The summed E-state index contributed by atoms with van der Waals surface area (Å²) in [6, 6.07) is 7.43. The molecule has 1 N–H and O–H groups in total. The Morgan fingerprint density at radius 2 is 1.86 bits per heavy atom. The number of benzene rings is 1. The molecule has 8 heteroatoms. The van der Waals surface area contributed by atoms with E-state index in [1.165, 1.54) is 11.6 Å². The predicted molar refractivity (Wildman–Crippen MR) is 115 cm³/mol. The van der Waals surface area contributed by atoms with Gasteiger partial charge in [-0.1, -0.05) is 48.0 Å². The summed E-state index contributed by atoms with van der Waals surface area (Å²) < 4.78 is 8.72. The van der Waals surface area contributed by atoms with Crippen molar-refractivity contribution in [3.8, 4) is 0 Å². The van der Waals surface area contributed by atoms with E-state index in [0.717, 1.165) is 14.6 Å². The standard InChI is InChI=1S/C21H24BrN3O4/c1-11(2)10-29-20(27)15-12(3)23-18-17(19(26)25(5)21(28)24(18)4)16(15)13-8-6-7-9-14(13)22/h6-9,11,16,23H,10H2,1-5H3. The van der Waals surface area contributed by atoms with E-state index in [-0.39, 0.29) is 12.5 Å². The maximum absolute atomic E-state index is 13.1. The zero-order valence-corrected chi connectivity index (χ0v) is 18.7. The van der Waals surface area contributed by atoms with Crippen LogP contribution in [0, 0.1) is 5.92 Å². The molecular formula is C21H24BrN3O4. The summed E-state index contributed by atoms with van der Waals surface area (Å²) in [5, 5.41) is 3.09. The van der Waals surface area contributed by atoms with Crippen LogP contribution in [0.25, 0.3) is 0 Å². The number of nitrogens with one attached hydrogen (secondary N) is 1. The average Bonchev–Trinajstić information content (AvgIpc) is 2.68. The van der Waals surface area contributed by atoms with Gasteiger partial charge in [-0.2, -0.15) is 0 Å². The van der Waals surface area contributed by atoms with Gasteiger partial charge in [0, 0.05) is 24.3 Å². The molecule has 0 fully saturated rings. The Morgan fingerprint density at radius 1 is 1.21 bits per heavy atom. The molecule has 2 aromatic rings. The summed E-state index contributed by atoms with van der Waals surface area (Å²) in [5.41, 5.74) is 1.12. The molecule has 1 atom stereocenters. The van der Waals surface area contributed by atoms with Gasteiger partial charge in [-0.25, -0.2) is 9.59 Å². The highest BCUT2D eigenvalue weighted by Gasteiger charge is 2.38. The van der Waals surface area contributed by atoms with Gasteiger partial charge in [0.05, 0.1) is 23.7 Å². The number of rotatable bonds is 4. The molecule has 7 nitrogen and oxygen atoms in total. The van der Waals surface area contributed by atoms with Gasteiger partial charge in [0.15, 0.2) is 0 Å². The molecule has 1 aromatic carbocycles. The summed E-state index contributed by atoms with van der Waals surface area (Å²) in [6.07, 6.45) is 0. The molecule has 1 aliphatic rings. The van der Waals surface area contributed by atoms with Crippen LogP contribution in [0.5, 0.6) is 0 Å². The Morgan fingerprint density at radius 3 is 2.48 bits per heavy atom. The minimum atomic E-state index is -0.674. The maximum Gasteiger partial charge on any atom is 0.336 e. The Bertz CT molecular complexity index is 1130. The first kappa shape index (κ1) is 21.1. The summed E-state index contributed by atoms with van der Waals surface area (Å²) in [6.45, 7) is 5.94. The number of anilines is 1. The van der Waals surface area contributed by atoms with E-state index >= 15 is 0 Å². The number of halogens is 1. The molecule has 3 rings (SSSR count). The average molecular weight is 462 g/mol. The number of hydrogen-bond donors (Lipinski definition) is 1. The number of nitrogens with zero attached hydrogens (tertiary/aromatic N) is 2. The molecule has 0 aliphatic carbocycles. The third-order valence-corrected chi connectivity index (χ3v) is 5.69. The summed E-state index contributed by atoms with van der Waals surface area (Å²) in [7, 11) is 3.03. The highest BCUT2D eigenvalue weighted by atomic mass is 79.9. The van der Waals surface area contributed by atoms with Gasteiger partial charge in [-0.15, -0.1) is 0 Å². The van der Waals surface area contributed by atoms with Crippen molar-refractivity contribution in [2.24, 2.45) is 20.0 Å². The van der Waals surface area contributed by atoms with Crippen molar-refractivity contribution < 1.29 is 9.53 Å². The van der Waals surface area contributed by atoms with Crippen LogP contribution in [-0.4, -0.2) is 21.7 Å². The number of aromatic nitrogens is 2. The summed E-state index contributed by atoms with van der Waals surface area (Å²) in [5.74, 6) is -0.589. The number of carbonyl (C=O) groups excluding carboxylic acids is 1. The normalized spacial score (nSPS) is 15.9. The predicted octanol–water partition coefficient (Wildman–Crippen LogP) is 2.88. The largest absolute Gasteiger partial charge is 0.462 e. The van der Waals surface area contributed by atoms with Crippen LogP contribution < -0.4 is 16.6 Å². The van der Waals surface area contributed by atoms with Crippen LogP contribution in [0.1, 0.15) is 37.8 Å². The van der Waals surface area contributed by atoms with E-state index < -0.39 is 23.1 Å². The molecule has 154 valence electrons. The number of allylic oxidation sites excluding steroid dienone is 1. The molecule has 1 unspecified atom stereocenters. The SMILES string of the molecule is CC1=C(C(=O)OCC(C)C)C(c2ccccc2Br)c2c(n(C)c(=O)n(C)c2=O)N1. The topological polar surface area (TPSA) is 82.3 Å². The van der Waals surface area contributed by atoms with E-state index in [1.807, 2.05) is 38.1 Å². The zero-order chi connectivity index (χ0) is 21.5. The molecule has 0 saturated carbocycles. The van der Waals surface area contributed by atoms with Crippen molar-refractivity contribution in [1.82, 2.24) is 9.13 Å². The number of hydrogen-bond acceptors (Lipinski definition) is 5. The Labute approximate surface area is 177 Å². The highest BCUT2D eigenvalue weighted by Crippen LogP contribution is 2.42. The van der Waals surface area contributed by atoms with Crippen molar-refractivity contribution in [2.45, 2.75) is 26.7 Å². The molecular weight excluding hydrogens is 438 g/mol. The van der Waals surface area contributed by atoms with Gasteiger partial charge < -0.3 is 10.1 Å². The van der Waals surface area contributed by atoms with Crippen LogP contribution in [0.3, 0.4) is 0 Å². The van der Waals surface area contributed by atoms with Crippen LogP contribution in [0.2, 0.25) is 0 Å². The van der Waals surface area contributed by atoms with Crippen molar-refractivity contribution in [3.05, 3.63) is 72.0 Å². The Balaban J connectivity index is 2.32. The smallest absolute Gasteiger partial charge is 0.336 e. The van der Waals surface area contributed by atoms with Crippen molar-refractivity contribution in [1.29, 1.82) is 0 Å². The lowest BCUT2D eigenvalue weighted by molar-refractivity contribution is -0.140. The van der Waals surface area contributed by atoms with Gasteiger partial charge in [0.25, 0.3) is 5.56 Å². The fourth-order valence-electron chi connectivity index (χ4n) is 3.50. The highest BCUT2D eigenvalue weighted by molar-refractivity contribution is 9.10. The fraction of sp³-hybridized carbons (Fsp3) is 0.381. The number of carbonyl (C=O) groups is 1. The Kier molecular flexibility index (Phi) is 5.84. The lowest BCUT2D eigenvalue weighted by Crippen LogP contribution is -2.43. The molecule has 0 radical (unpaired) electrons. The molecule has 29 heavy (non-hydrogen) atoms. The van der Waals surface area contributed by atoms with Crippen LogP contribution in [-0.2, 0) is 23.6 Å². The number of fused-ring (bicyclic) bond motifs is 1. The van der Waals surface area contributed by atoms with Crippen LogP contribution >= 0.6 is 15.9 Å². The zero-order valence-electron chi connectivity index (χ0n) is 17.1. The molecule has 0 bridgehead atoms. The minimum Gasteiger partial charge on any atom is -0.462 e. The van der Waals surface area contributed by atoms with Crippen LogP contribution in [0.4, 0.5) is 5.82 Å². The van der Waals surface area contributed by atoms with E-state index in [9.17, 15) is 14.4 Å². The first-order valence-corrected chi connectivity index (χ1v) is 10.1. The molecule has 1 aliphatic heterocycles. The van der Waals surface area contributed by atoms with Gasteiger partial charge >= 0.3 is 11.7 Å². The van der Waals surface area contributed by atoms with E-state index in [4.69, 9.17) is 4.74 Å². The molecule has 0 amide bonds. The van der Waals surface area contributed by atoms with Gasteiger partial charge in [0.2, 0.25) is 0 Å². The summed E-state index contributed by atoms with van der Waals surface area (Å²) >= 11 is 3.55. The third-order valence-electron chi connectivity index (χ3n) is 4.97. The van der Waals surface area contributed by atoms with Gasteiger partial charge in [0.1, 0.15) is 5.82 Å². The van der Waals surface area contributed by atoms with Gasteiger partial charge in [-0.3, -0.25) is 13.9 Å².